The summed E-state index contributed by atoms with van der Waals surface area (Å²) in [6, 6.07) is 56.8. The Bertz CT molecular complexity index is 3370. The van der Waals surface area contributed by atoms with Crippen LogP contribution in [0.3, 0.4) is 0 Å². The Morgan fingerprint density at radius 3 is 1.32 bits per heavy atom. The van der Waals surface area contributed by atoms with Crippen LogP contribution in [0.4, 0.5) is 0 Å². The molecule has 0 saturated heterocycles. The molecule has 246 valence electrons. The molecule has 1 heterocycles. The third kappa shape index (κ3) is 4.69. The number of benzene rings is 10. The maximum absolute atomic E-state index is 8.94. The van der Waals surface area contributed by atoms with Crippen LogP contribution in [0.5, 0.6) is 0 Å². The van der Waals surface area contributed by atoms with Gasteiger partial charge in [-0.2, -0.15) is 0 Å². The molecule has 1 heteroatoms. The van der Waals surface area contributed by atoms with Crippen molar-refractivity contribution in [3.63, 3.8) is 0 Å². The van der Waals surface area contributed by atoms with Crippen molar-refractivity contribution < 1.29 is 6.85 Å². The Morgan fingerprint density at radius 2 is 0.774 bits per heavy atom. The monoisotopic (exact) mass is 741 g/mol. The summed E-state index contributed by atoms with van der Waals surface area (Å²) in [6.07, 6.45) is 0. The van der Waals surface area contributed by atoms with E-state index in [1.165, 1.54) is 63.1 Å². The molecule has 0 unspecified atom stereocenters. The molecule has 0 aliphatic rings. The number of fused-ring (bicyclic) bond motifs is 7. The van der Waals surface area contributed by atoms with E-state index >= 15 is 0 Å². The first-order valence-electron chi connectivity index (χ1n) is 20.4. The summed E-state index contributed by atoms with van der Waals surface area (Å²) in [4.78, 5) is 0. The van der Waals surface area contributed by atoms with Crippen LogP contribution in [0.15, 0.2) is 194 Å². The Hall–Kier alpha value is -6.24. The summed E-state index contributed by atoms with van der Waals surface area (Å²) in [7, 11) is 0. The summed E-state index contributed by atoms with van der Waals surface area (Å²) in [5.74, 6) is 0. The van der Waals surface area contributed by atoms with Gasteiger partial charge in [0, 0.05) is 0 Å². The van der Waals surface area contributed by atoms with Gasteiger partial charge in [-0.05, 0) is 0 Å². The summed E-state index contributed by atoms with van der Waals surface area (Å²) >= 11 is 0.0646. The quantitative estimate of drug-likeness (QED) is 0.124. The van der Waals surface area contributed by atoms with Crippen molar-refractivity contribution in [1.82, 2.24) is 0 Å². The molecule has 0 spiro atoms. The first-order valence-corrected chi connectivity index (χ1v) is 19.6. The third-order valence-corrected chi connectivity index (χ3v) is 13.3. The first kappa shape index (κ1) is 25.7. The second-order valence-corrected chi connectivity index (χ2v) is 15.8. The molecule has 0 saturated carbocycles. The van der Waals surface area contributed by atoms with Gasteiger partial charge in [-0.3, -0.25) is 0 Å². The summed E-state index contributed by atoms with van der Waals surface area (Å²) < 4.78 is 45.9. The second-order valence-electron chi connectivity index (χ2n) is 13.5. The minimum atomic E-state index is -0.391. The number of rotatable bonds is 4. The van der Waals surface area contributed by atoms with Crippen LogP contribution in [0.2, 0.25) is 0 Å². The van der Waals surface area contributed by atoms with Gasteiger partial charge in [-0.1, -0.05) is 0 Å². The molecule has 11 rings (SSSR count). The first-order chi connectivity index (χ1) is 28.4. The molecule has 0 aliphatic heterocycles. The topological polar surface area (TPSA) is 0 Å². The van der Waals surface area contributed by atoms with Crippen molar-refractivity contribution in [3.05, 3.63) is 194 Å². The summed E-state index contributed by atoms with van der Waals surface area (Å²) in [5, 5.41) is 11.1. The molecule has 0 amide bonds. The number of hydrogen-bond acceptors (Lipinski definition) is 0. The normalized spacial score (nSPS) is 13.1. The van der Waals surface area contributed by atoms with Gasteiger partial charge in [-0.25, -0.2) is 0 Å². The van der Waals surface area contributed by atoms with Crippen LogP contribution >= 0.6 is 0 Å². The van der Waals surface area contributed by atoms with E-state index in [0.717, 1.165) is 32.7 Å². The van der Waals surface area contributed by atoms with Crippen molar-refractivity contribution in [2.24, 2.45) is 0 Å². The van der Waals surface area contributed by atoms with Gasteiger partial charge in [-0.15, -0.1) is 0 Å². The zero-order chi connectivity index (χ0) is 39.2. The van der Waals surface area contributed by atoms with Crippen LogP contribution in [0.1, 0.15) is 6.85 Å². The molecular formula is C52H32Se. The fourth-order valence-electron chi connectivity index (χ4n) is 8.57. The molecular weight excluding hydrogens is 704 g/mol. The summed E-state index contributed by atoms with van der Waals surface area (Å²) in [6.45, 7) is 0. The van der Waals surface area contributed by atoms with E-state index in [-0.39, 0.29) is 44.2 Å². The van der Waals surface area contributed by atoms with Gasteiger partial charge in [0.1, 0.15) is 0 Å². The van der Waals surface area contributed by atoms with Crippen LogP contribution in [0, 0.1) is 0 Å². The van der Waals surface area contributed by atoms with E-state index in [4.69, 9.17) is 6.85 Å². The molecule has 53 heavy (non-hydrogen) atoms. The second kappa shape index (κ2) is 12.2. The van der Waals surface area contributed by atoms with Crippen LogP contribution < -0.4 is 0 Å². The van der Waals surface area contributed by atoms with E-state index < -0.39 is 6.04 Å². The van der Waals surface area contributed by atoms with Crippen molar-refractivity contribution in [2.45, 2.75) is 0 Å². The molecule has 0 bridgehead atoms. The minimum absolute atomic E-state index is 0.0646. The molecule has 1 aromatic heterocycles. The Kier molecular flexibility index (Phi) is 5.90. The molecule has 11 aromatic rings. The predicted octanol–water partition coefficient (Wildman–Crippen LogP) is 14.3. The Labute approximate surface area is 321 Å². The molecule has 0 radical (unpaired) electrons. The molecule has 0 fully saturated rings. The summed E-state index contributed by atoms with van der Waals surface area (Å²) in [5.41, 5.74) is 8.05. The number of hydrogen-bond donors (Lipinski definition) is 0. The molecule has 0 nitrogen and oxygen atoms in total. The van der Waals surface area contributed by atoms with E-state index in [1.54, 1.807) is 0 Å². The van der Waals surface area contributed by atoms with Crippen LogP contribution in [-0.2, 0) is 0 Å². The van der Waals surface area contributed by atoms with Crippen molar-refractivity contribution in [2.75, 3.05) is 0 Å². The van der Waals surface area contributed by atoms with Gasteiger partial charge in [0.2, 0.25) is 0 Å². The molecule has 0 N–H and O–H groups in total. The van der Waals surface area contributed by atoms with Crippen molar-refractivity contribution in [1.29, 1.82) is 0 Å². The fraction of sp³-hybridized carbons (Fsp3) is 0. The zero-order valence-corrected chi connectivity index (χ0v) is 30.2. The van der Waals surface area contributed by atoms with Gasteiger partial charge in [0.15, 0.2) is 0 Å². The Morgan fingerprint density at radius 1 is 0.321 bits per heavy atom. The van der Waals surface area contributed by atoms with E-state index in [1.807, 2.05) is 36.4 Å². The van der Waals surface area contributed by atoms with Gasteiger partial charge < -0.3 is 0 Å². The average Bonchev–Trinajstić information content (AvgIpc) is 3.65. The third-order valence-electron chi connectivity index (χ3n) is 10.7. The van der Waals surface area contributed by atoms with Crippen LogP contribution in [0.25, 0.3) is 107 Å². The maximum atomic E-state index is 8.94. The van der Waals surface area contributed by atoms with E-state index in [0.29, 0.717) is 5.56 Å². The van der Waals surface area contributed by atoms with E-state index in [2.05, 4.69) is 127 Å². The molecule has 10 aromatic carbocycles. The van der Waals surface area contributed by atoms with E-state index in [9.17, 15) is 0 Å². The van der Waals surface area contributed by atoms with Gasteiger partial charge in [0.25, 0.3) is 0 Å². The zero-order valence-electron chi connectivity index (χ0n) is 33.5. The fourth-order valence-corrected chi connectivity index (χ4v) is 11.1. The SMILES string of the molecule is [2H]c1c([2H])c([2H])c(-c2c3ccccc3c(-c3ccc4[se]c5c(-c6c7ccccc7c(-c7ccccc7)c7ccccc67)cccc5c4c3)c3ccccc23)c([2H])c1[2H]. The van der Waals surface area contributed by atoms with Gasteiger partial charge in [0.05, 0.1) is 1.37 Å². The average molecular weight is 741 g/mol. The van der Waals surface area contributed by atoms with Crippen molar-refractivity contribution in [3.8, 4) is 44.5 Å². The predicted molar refractivity (Wildman–Crippen MR) is 230 cm³/mol. The molecule has 0 atom stereocenters. The Balaban J connectivity index is 1.18. The van der Waals surface area contributed by atoms with Crippen LogP contribution in [-0.4, -0.2) is 14.5 Å². The standard InChI is InChI=1S/C52H32Se/c1-3-16-33(17-4-1)48-36-20-7-9-22-38(36)50(39-23-10-8-21-37(39)48)35-30-31-47-46(32-35)44-28-15-29-45(52(44)53-47)51-42-26-13-11-24-40(42)49(34-18-5-2-6-19-34)41-25-12-14-27-43(41)51/h1-32H/i1D,3D,4D,16D,17D. The molecule has 0 aliphatic carbocycles. The van der Waals surface area contributed by atoms with Crippen molar-refractivity contribution >= 4 is 76.9 Å². The van der Waals surface area contributed by atoms with Gasteiger partial charge >= 0.3 is 321 Å².